The van der Waals surface area contributed by atoms with E-state index in [9.17, 15) is 4.79 Å². The molecule has 1 aromatic carbocycles. The lowest BCUT2D eigenvalue weighted by Gasteiger charge is -2.31. The fourth-order valence-corrected chi connectivity index (χ4v) is 3.34. The first kappa shape index (κ1) is 15.3. The third-order valence-electron chi connectivity index (χ3n) is 4.51. The number of ether oxygens (including phenoxy) is 2. The van der Waals surface area contributed by atoms with Crippen LogP contribution < -0.4 is 14.4 Å². The van der Waals surface area contributed by atoms with Gasteiger partial charge in [0.25, 0.3) is 0 Å². The number of likely N-dealkylation sites (tertiary alicyclic amines) is 1. The van der Waals surface area contributed by atoms with Crippen LogP contribution in [0.25, 0.3) is 0 Å². The smallest absolute Gasteiger partial charge is 0.170 e. The predicted octanol–water partition coefficient (Wildman–Crippen LogP) is 1.88. The monoisotopic (exact) mass is 304 g/mol. The van der Waals surface area contributed by atoms with E-state index in [0.29, 0.717) is 24.3 Å². The van der Waals surface area contributed by atoms with Gasteiger partial charge in [-0.3, -0.25) is 4.79 Å². The molecule has 0 aromatic heterocycles. The minimum Gasteiger partial charge on any atom is -0.488 e. The van der Waals surface area contributed by atoms with Gasteiger partial charge in [-0.1, -0.05) is 0 Å². The molecule has 4 nitrogen and oxygen atoms in total. The van der Waals surface area contributed by atoms with Gasteiger partial charge in [0.15, 0.2) is 5.78 Å². The summed E-state index contributed by atoms with van der Waals surface area (Å²) in [6, 6.07) is 5.57. The molecule has 0 spiro atoms. The summed E-state index contributed by atoms with van der Waals surface area (Å²) in [5.41, 5.74) is 0.244. The first-order valence-corrected chi connectivity index (χ1v) is 8.36. The van der Waals surface area contributed by atoms with Crippen molar-refractivity contribution in [3.8, 4) is 11.5 Å². The molecular weight excluding hydrogens is 278 g/mol. The Morgan fingerprint density at radius 3 is 2.77 bits per heavy atom. The van der Waals surface area contributed by atoms with E-state index in [2.05, 4.69) is 0 Å². The van der Waals surface area contributed by atoms with Crippen LogP contribution in [0.5, 0.6) is 11.5 Å². The molecule has 1 saturated heterocycles. The average Bonchev–Trinajstić information content (AvgIpc) is 2.47. The SMILES string of the molecule is CC1(C)CC(=O)c2ccc(OCC[NH+]3CCCCC3)cc2O1. The molecule has 120 valence electrons. The standard InChI is InChI=1S/C18H25NO3/c1-18(2)13-16(20)15-7-6-14(12-17(15)22-18)21-11-10-19-8-4-3-5-9-19/h6-7,12H,3-5,8-11,13H2,1-2H3/p+1. The minimum absolute atomic E-state index is 0.149. The van der Waals surface area contributed by atoms with E-state index in [1.165, 1.54) is 32.4 Å². The Hall–Kier alpha value is -1.55. The van der Waals surface area contributed by atoms with E-state index >= 15 is 0 Å². The fourth-order valence-electron chi connectivity index (χ4n) is 3.34. The zero-order valence-electron chi connectivity index (χ0n) is 13.6. The van der Waals surface area contributed by atoms with Gasteiger partial charge in [0.2, 0.25) is 0 Å². The van der Waals surface area contributed by atoms with Crippen LogP contribution in [0, 0.1) is 0 Å². The van der Waals surface area contributed by atoms with Crippen molar-refractivity contribution in [2.45, 2.75) is 45.1 Å². The van der Waals surface area contributed by atoms with Crippen molar-refractivity contribution >= 4 is 5.78 Å². The largest absolute Gasteiger partial charge is 0.488 e. The van der Waals surface area contributed by atoms with Gasteiger partial charge in [-0.2, -0.15) is 0 Å². The Kier molecular flexibility index (Phi) is 4.39. The normalized spacial score (nSPS) is 21.1. The average molecular weight is 304 g/mol. The van der Waals surface area contributed by atoms with E-state index < -0.39 is 5.60 Å². The lowest BCUT2D eigenvalue weighted by molar-refractivity contribution is -0.904. The van der Waals surface area contributed by atoms with E-state index in [0.717, 1.165) is 12.3 Å². The highest BCUT2D eigenvalue weighted by molar-refractivity contribution is 6.00. The third kappa shape index (κ3) is 3.61. The molecule has 0 saturated carbocycles. The third-order valence-corrected chi connectivity index (χ3v) is 4.51. The van der Waals surface area contributed by atoms with Gasteiger partial charge >= 0.3 is 0 Å². The van der Waals surface area contributed by atoms with E-state index in [4.69, 9.17) is 9.47 Å². The minimum atomic E-state index is -0.430. The number of piperidine rings is 1. The number of hydrogen-bond acceptors (Lipinski definition) is 3. The maximum atomic E-state index is 12.1. The molecule has 0 aliphatic carbocycles. The number of carbonyl (C=O) groups excluding carboxylic acids is 1. The summed E-state index contributed by atoms with van der Waals surface area (Å²) in [6.45, 7) is 8.18. The molecule has 0 bridgehead atoms. The maximum absolute atomic E-state index is 12.1. The number of rotatable bonds is 4. The predicted molar refractivity (Wildman–Crippen MR) is 85.0 cm³/mol. The summed E-state index contributed by atoms with van der Waals surface area (Å²) < 4.78 is 11.8. The number of ketones is 1. The molecule has 3 rings (SSSR count). The van der Waals surface area contributed by atoms with Crippen molar-refractivity contribution in [1.29, 1.82) is 0 Å². The topological polar surface area (TPSA) is 40.0 Å². The van der Waals surface area contributed by atoms with Gasteiger partial charge in [0.05, 0.1) is 25.1 Å². The molecule has 0 radical (unpaired) electrons. The zero-order valence-corrected chi connectivity index (χ0v) is 13.6. The summed E-state index contributed by atoms with van der Waals surface area (Å²) in [4.78, 5) is 13.7. The first-order valence-electron chi connectivity index (χ1n) is 8.36. The second kappa shape index (κ2) is 6.29. The molecule has 0 unspecified atom stereocenters. The molecule has 2 aliphatic rings. The maximum Gasteiger partial charge on any atom is 0.170 e. The second-order valence-electron chi connectivity index (χ2n) is 7.03. The van der Waals surface area contributed by atoms with Crippen LogP contribution >= 0.6 is 0 Å². The molecule has 4 heteroatoms. The first-order chi connectivity index (χ1) is 10.5. The van der Waals surface area contributed by atoms with Crippen molar-refractivity contribution < 1.29 is 19.2 Å². The molecule has 1 aromatic rings. The quantitative estimate of drug-likeness (QED) is 0.923. The van der Waals surface area contributed by atoms with Crippen molar-refractivity contribution in [3.63, 3.8) is 0 Å². The number of quaternary nitrogens is 1. The summed E-state index contributed by atoms with van der Waals surface area (Å²) in [5.74, 6) is 1.60. The van der Waals surface area contributed by atoms with Crippen molar-refractivity contribution in [3.05, 3.63) is 23.8 Å². The Bertz CT molecular complexity index is 547. The Balaban J connectivity index is 1.60. The van der Waals surface area contributed by atoms with Gasteiger partial charge in [-0.15, -0.1) is 0 Å². The van der Waals surface area contributed by atoms with E-state index in [1.54, 1.807) is 4.90 Å². The van der Waals surface area contributed by atoms with Crippen LogP contribution in [-0.2, 0) is 0 Å². The fraction of sp³-hybridized carbons (Fsp3) is 0.611. The summed E-state index contributed by atoms with van der Waals surface area (Å²) in [6.07, 6.45) is 4.47. The van der Waals surface area contributed by atoms with Crippen LogP contribution in [0.1, 0.15) is 49.9 Å². The van der Waals surface area contributed by atoms with Crippen molar-refractivity contribution in [2.24, 2.45) is 0 Å². The lowest BCUT2D eigenvalue weighted by atomic mass is 9.93. The van der Waals surface area contributed by atoms with Crippen LogP contribution in [0.2, 0.25) is 0 Å². The van der Waals surface area contributed by atoms with Crippen LogP contribution in [0.4, 0.5) is 0 Å². The van der Waals surface area contributed by atoms with Crippen molar-refractivity contribution in [2.75, 3.05) is 26.2 Å². The summed E-state index contributed by atoms with van der Waals surface area (Å²) in [7, 11) is 0. The molecule has 2 aliphatic heterocycles. The Labute approximate surface area is 132 Å². The van der Waals surface area contributed by atoms with Crippen LogP contribution in [0.3, 0.4) is 0 Å². The second-order valence-corrected chi connectivity index (χ2v) is 7.03. The number of hydrogen-bond donors (Lipinski definition) is 1. The number of fused-ring (bicyclic) bond motifs is 1. The molecule has 2 heterocycles. The Morgan fingerprint density at radius 2 is 2.00 bits per heavy atom. The van der Waals surface area contributed by atoms with Crippen LogP contribution in [-0.4, -0.2) is 37.6 Å². The summed E-state index contributed by atoms with van der Waals surface area (Å²) in [5, 5.41) is 0. The number of Topliss-reactive ketones (excluding diaryl/α,β-unsaturated/α-hetero) is 1. The van der Waals surface area contributed by atoms with Gasteiger partial charge in [0.1, 0.15) is 30.3 Å². The molecule has 22 heavy (non-hydrogen) atoms. The molecule has 0 atom stereocenters. The van der Waals surface area contributed by atoms with E-state index in [-0.39, 0.29) is 5.78 Å². The Morgan fingerprint density at radius 1 is 1.23 bits per heavy atom. The highest BCUT2D eigenvalue weighted by Gasteiger charge is 2.32. The molecule has 1 N–H and O–H groups in total. The van der Waals surface area contributed by atoms with Crippen molar-refractivity contribution in [1.82, 2.24) is 0 Å². The molecule has 0 amide bonds. The zero-order chi connectivity index (χ0) is 15.6. The van der Waals surface area contributed by atoms with Gasteiger partial charge in [-0.25, -0.2) is 0 Å². The number of carbonyl (C=O) groups is 1. The summed E-state index contributed by atoms with van der Waals surface area (Å²) >= 11 is 0. The molecular formula is C18H26NO3+. The lowest BCUT2D eigenvalue weighted by Crippen LogP contribution is -3.13. The van der Waals surface area contributed by atoms with Gasteiger partial charge < -0.3 is 14.4 Å². The number of benzene rings is 1. The highest BCUT2D eigenvalue weighted by Crippen LogP contribution is 2.35. The molecule has 1 fully saturated rings. The van der Waals surface area contributed by atoms with Crippen LogP contribution in [0.15, 0.2) is 18.2 Å². The van der Waals surface area contributed by atoms with Gasteiger partial charge in [0, 0.05) is 6.07 Å². The highest BCUT2D eigenvalue weighted by atomic mass is 16.5. The van der Waals surface area contributed by atoms with Gasteiger partial charge in [-0.05, 0) is 45.2 Å². The number of nitrogens with one attached hydrogen (secondary N) is 1. The van der Waals surface area contributed by atoms with E-state index in [1.807, 2.05) is 32.0 Å².